The van der Waals surface area contributed by atoms with Gasteiger partial charge in [0.2, 0.25) is 0 Å². The summed E-state index contributed by atoms with van der Waals surface area (Å²) in [6.07, 6.45) is 0. The fourth-order valence-electron chi connectivity index (χ4n) is 2.17. The molecule has 2 aromatic heterocycles. The predicted molar refractivity (Wildman–Crippen MR) is 75.8 cm³/mol. The first-order valence-corrected chi connectivity index (χ1v) is 6.77. The van der Waals surface area contributed by atoms with Gasteiger partial charge in [-0.3, -0.25) is 13.9 Å². The van der Waals surface area contributed by atoms with Gasteiger partial charge in [0.1, 0.15) is 0 Å². The minimum atomic E-state index is -0.161. The van der Waals surface area contributed by atoms with Gasteiger partial charge in [0.25, 0.3) is 0 Å². The van der Waals surface area contributed by atoms with Crippen LogP contribution in [0.3, 0.4) is 0 Å². The van der Waals surface area contributed by atoms with Gasteiger partial charge in [0, 0.05) is 7.05 Å². The molecule has 0 amide bonds. The van der Waals surface area contributed by atoms with E-state index in [-0.39, 0.29) is 18.0 Å². The lowest BCUT2D eigenvalue weighted by Gasteiger charge is -2.00. The number of nitrogens with zero attached hydrogens (tertiary/aromatic N) is 2. The first kappa shape index (κ1) is 11.9. The molecular formula is C14H12N2O2S. The number of thiophene rings is 1. The zero-order valence-corrected chi connectivity index (χ0v) is 11.2. The van der Waals surface area contributed by atoms with Crippen LogP contribution in [0.25, 0.3) is 11.0 Å². The van der Waals surface area contributed by atoms with Crippen molar-refractivity contribution in [3.8, 4) is 0 Å². The first-order valence-electron chi connectivity index (χ1n) is 5.89. The smallest absolute Gasteiger partial charge is 0.295 e. The summed E-state index contributed by atoms with van der Waals surface area (Å²) in [5, 5.41) is 1.86. The molecule has 19 heavy (non-hydrogen) atoms. The highest BCUT2D eigenvalue weighted by Gasteiger charge is 2.14. The number of benzene rings is 1. The molecular weight excluding hydrogens is 260 g/mol. The third-order valence-corrected chi connectivity index (χ3v) is 4.06. The molecule has 0 bridgehead atoms. The molecule has 96 valence electrons. The Morgan fingerprint density at radius 2 is 1.89 bits per heavy atom. The number of aromatic nitrogens is 2. The van der Waals surface area contributed by atoms with Crippen molar-refractivity contribution in [2.24, 2.45) is 7.05 Å². The molecule has 0 atom stereocenters. The normalized spacial score (nSPS) is 11.0. The Bertz CT molecular complexity index is 797. The minimum Gasteiger partial charge on any atom is -0.295 e. The number of rotatable bonds is 3. The van der Waals surface area contributed by atoms with Gasteiger partial charge < -0.3 is 0 Å². The van der Waals surface area contributed by atoms with Crippen molar-refractivity contribution < 1.29 is 4.79 Å². The number of carbonyl (C=O) groups excluding carboxylic acids is 1. The monoisotopic (exact) mass is 272 g/mol. The van der Waals surface area contributed by atoms with Crippen LogP contribution >= 0.6 is 11.3 Å². The van der Waals surface area contributed by atoms with Gasteiger partial charge in [0.05, 0.1) is 22.5 Å². The fourth-order valence-corrected chi connectivity index (χ4v) is 2.83. The number of para-hydroxylation sites is 2. The van der Waals surface area contributed by atoms with Crippen LogP contribution < -0.4 is 5.69 Å². The third-order valence-electron chi connectivity index (χ3n) is 3.15. The Balaban J connectivity index is 2.09. The molecule has 1 aromatic carbocycles. The first-order chi connectivity index (χ1) is 9.18. The van der Waals surface area contributed by atoms with E-state index in [2.05, 4.69) is 0 Å². The minimum absolute atomic E-state index is 0.0338. The fraction of sp³-hybridized carbons (Fsp3) is 0.143. The average Bonchev–Trinajstić information content (AvgIpc) is 3.03. The molecule has 0 aliphatic carbocycles. The summed E-state index contributed by atoms with van der Waals surface area (Å²) < 4.78 is 3.09. The summed E-state index contributed by atoms with van der Waals surface area (Å²) in [6, 6.07) is 11.1. The standard InChI is InChI=1S/C14H12N2O2S/c1-15-10-5-2-3-6-11(10)16(14(15)18)9-12(17)13-7-4-8-19-13/h2-8H,9H2,1H3. The van der Waals surface area contributed by atoms with E-state index in [1.807, 2.05) is 35.7 Å². The number of fused-ring (bicyclic) bond motifs is 1. The van der Waals surface area contributed by atoms with Gasteiger partial charge in [-0.2, -0.15) is 0 Å². The third kappa shape index (κ3) is 1.92. The van der Waals surface area contributed by atoms with E-state index in [0.29, 0.717) is 4.88 Å². The second-order valence-corrected chi connectivity index (χ2v) is 5.26. The van der Waals surface area contributed by atoms with E-state index in [4.69, 9.17) is 0 Å². The molecule has 0 fully saturated rings. The Morgan fingerprint density at radius 3 is 2.58 bits per heavy atom. The second kappa shape index (κ2) is 4.51. The average molecular weight is 272 g/mol. The lowest BCUT2D eigenvalue weighted by atomic mass is 10.3. The van der Waals surface area contributed by atoms with E-state index >= 15 is 0 Å². The highest BCUT2D eigenvalue weighted by Crippen LogP contribution is 2.14. The van der Waals surface area contributed by atoms with Crippen LogP contribution in [-0.4, -0.2) is 14.9 Å². The molecule has 0 saturated carbocycles. The molecule has 0 radical (unpaired) electrons. The van der Waals surface area contributed by atoms with Crippen LogP contribution in [0.4, 0.5) is 0 Å². The van der Waals surface area contributed by atoms with E-state index < -0.39 is 0 Å². The van der Waals surface area contributed by atoms with Gasteiger partial charge in [-0.15, -0.1) is 11.3 Å². The molecule has 0 saturated heterocycles. The van der Waals surface area contributed by atoms with Gasteiger partial charge in [-0.1, -0.05) is 18.2 Å². The number of aryl methyl sites for hydroxylation is 1. The Labute approximate surface area is 113 Å². The lowest BCUT2D eigenvalue weighted by Crippen LogP contribution is -2.25. The number of ketones is 1. The molecule has 3 rings (SSSR count). The second-order valence-electron chi connectivity index (χ2n) is 4.32. The lowest BCUT2D eigenvalue weighted by molar-refractivity contribution is 0.0976. The van der Waals surface area contributed by atoms with Gasteiger partial charge in [0.15, 0.2) is 5.78 Å². The Kier molecular flexibility index (Phi) is 2.83. The number of hydrogen-bond acceptors (Lipinski definition) is 3. The topological polar surface area (TPSA) is 44.0 Å². The zero-order valence-electron chi connectivity index (χ0n) is 10.4. The van der Waals surface area contributed by atoms with Gasteiger partial charge >= 0.3 is 5.69 Å². The van der Waals surface area contributed by atoms with Crippen LogP contribution in [0.1, 0.15) is 9.67 Å². The SMILES string of the molecule is Cn1c(=O)n(CC(=O)c2cccs2)c2ccccc21. The number of carbonyl (C=O) groups is 1. The van der Waals surface area contributed by atoms with Crippen LogP contribution in [-0.2, 0) is 13.6 Å². The Morgan fingerprint density at radius 1 is 1.16 bits per heavy atom. The number of imidazole rings is 1. The van der Waals surface area contributed by atoms with E-state index in [1.54, 1.807) is 17.7 Å². The number of Topliss-reactive ketones (excluding diaryl/α,β-unsaturated/α-hetero) is 1. The highest BCUT2D eigenvalue weighted by atomic mass is 32.1. The molecule has 2 heterocycles. The maximum atomic E-state index is 12.2. The summed E-state index contributed by atoms with van der Waals surface area (Å²) in [5.74, 6) is -0.0338. The molecule has 5 heteroatoms. The predicted octanol–water partition coefficient (Wildman–Crippen LogP) is 2.28. The van der Waals surface area contributed by atoms with Crippen molar-refractivity contribution in [3.05, 3.63) is 57.1 Å². The van der Waals surface area contributed by atoms with Crippen molar-refractivity contribution in [1.82, 2.24) is 9.13 Å². The summed E-state index contributed by atoms with van der Waals surface area (Å²) in [4.78, 5) is 25.0. The highest BCUT2D eigenvalue weighted by molar-refractivity contribution is 7.12. The summed E-state index contributed by atoms with van der Waals surface area (Å²) >= 11 is 1.40. The van der Waals surface area contributed by atoms with Crippen molar-refractivity contribution in [2.75, 3.05) is 0 Å². The van der Waals surface area contributed by atoms with Crippen LogP contribution in [0.2, 0.25) is 0 Å². The molecule has 0 spiro atoms. The van der Waals surface area contributed by atoms with Crippen molar-refractivity contribution >= 4 is 28.2 Å². The van der Waals surface area contributed by atoms with Crippen LogP contribution in [0, 0.1) is 0 Å². The maximum absolute atomic E-state index is 12.2. The summed E-state index contributed by atoms with van der Waals surface area (Å²) in [6.45, 7) is 0.0840. The molecule has 0 unspecified atom stereocenters. The van der Waals surface area contributed by atoms with Crippen molar-refractivity contribution in [3.63, 3.8) is 0 Å². The molecule has 0 aliphatic rings. The largest absolute Gasteiger partial charge is 0.329 e. The molecule has 0 aliphatic heterocycles. The van der Waals surface area contributed by atoms with Crippen LogP contribution in [0.15, 0.2) is 46.6 Å². The quantitative estimate of drug-likeness (QED) is 0.687. The van der Waals surface area contributed by atoms with Gasteiger partial charge in [-0.25, -0.2) is 4.79 Å². The van der Waals surface area contributed by atoms with E-state index in [1.165, 1.54) is 15.9 Å². The van der Waals surface area contributed by atoms with Crippen molar-refractivity contribution in [1.29, 1.82) is 0 Å². The van der Waals surface area contributed by atoms with E-state index in [0.717, 1.165) is 11.0 Å². The van der Waals surface area contributed by atoms with E-state index in [9.17, 15) is 9.59 Å². The van der Waals surface area contributed by atoms with Gasteiger partial charge in [-0.05, 0) is 23.6 Å². The van der Waals surface area contributed by atoms with Crippen LogP contribution in [0.5, 0.6) is 0 Å². The number of hydrogen-bond donors (Lipinski definition) is 0. The molecule has 4 nitrogen and oxygen atoms in total. The summed E-state index contributed by atoms with van der Waals surface area (Å²) in [5.41, 5.74) is 1.47. The summed E-state index contributed by atoms with van der Waals surface area (Å²) in [7, 11) is 1.72. The molecule has 3 aromatic rings. The Hall–Kier alpha value is -2.14. The zero-order chi connectivity index (χ0) is 13.4. The van der Waals surface area contributed by atoms with Crippen molar-refractivity contribution in [2.45, 2.75) is 6.54 Å². The molecule has 0 N–H and O–H groups in total. The maximum Gasteiger partial charge on any atom is 0.329 e.